The standard InChI is InChI=1S/C28H28F2N2O2/c29-23-11-22(12-24(30)14-23)27-19(7-4-8-26(27)31-28(33)34)13-25-20-9-10-21(25)17-32(16-20)15-18-5-2-1-3-6-18/h1-8,11-12,14,20-21,25,31H,9-10,13,15-17H2,(H,33,34). The van der Waals surface area contributed by atoms with Crippen LogP contribution in [0.1, 0.15) is 24.0 Å². The normalized spacial score (nSPS) is 22.0. The zero-order valence-corrected chi connectivity index (χ0v) is 18.9. The van der Waals surface area contributed by atoms with Crippen molar-refractivity contribution in [2.45, 2.75) is 25.8 Å². The molecule has 0 spiro atoms. The largest absolute Gasteiger partial charge is 0.465 e. The van der Waals surface area contributed by atoms with Crippen LogP contribution in [0.5, 0.6) is 0 Å². The molecule has 2 unspecified atom stereocenters. The summed E-state index contributed by atoms with van der Waals surface area (Å²) in [7, 11) is 0. The van der Waals surface area contributed by atoms with Gasteiger partial charge in [0.25, 0.3) is 0 Å². The lowest BCUT2D eigenvalue weighted by atomic mass is 9.79. The molecule has 1 saturated carbocycles. The molecule has 4 nitrogen and oxygen atoms in total. The lowest BCUT2D eigenvalue weighted by Crippen LogP contribution is -2.42. The van der Waals surface area contributed by atoms with Gasteiger partial charge in [0.05, 0.1) is 5.69 Å². The number of benzene rings is 3. The van der Waals surface area contributed by atoms with Crippen LogP contribution in [0.4, 0.5) is 19.3 Å². The number of hydrogen-bond acceptors (Lipinski definition) is 2. The summed E-state index contributed by atoms with van der Waals surface area (Å²) in [6.45, 7) is 3.02. The van der Waals surface area contributed by atoms with Crippen molar-refractivity contribution >= 4 is 11.8 Å². The van der Waals surface area contributed by atoms with Gasteiger partial charge in [0.1, 0.15) is 11.6 Å². The van der Waals surface area contributed by atoms with E-state index >= 15 is 0 Å². The van der Waals surface area contributed by atoms with Gasteiger partial charge in [-0.15, -0.1) is 0 Å². The summed E-state index contributed by atoms with van der Waals surface area (Å²) in [6, 6.07) is 19.3. The van der Waals surface area contributed by atoms with E-state index in [1.165, 1.54) is 30.5 Å². The third-order valence-corrected chi connectivity index (χ3v) is 7.35. The number of amides is 1. The van der Waals surface area contributed by atoms with Gasteiger partial charge in [0.2, 0.25) is 0 Å². The lowest BCUT2D eigenvalue weighted by Gasteiger charge is -2.38. The first-order chi connectivity index (χ1) is 16.5. The molecular weight excluding hydrogens is 434 g/mol. The second-order valence-electron chi connectivity index (χ2n) is 9.57. The highest BCUT2D eigenvalue weighted by molar-refractivity contribution is 5.91. The van der Waals surface area contributed by atoms with Crippen LogP contribution in [0.25, 0.3) is 11.1 Å². The predicted octanol–water partition coefficient (Wildman–Crippen LogP) is 6.42. The monoisotopic (exact) mass is 462 g/mol. The molecule has 1 heterocycles. The molecule has 2 N–H and O–H groups in total. The Morgan fingerprint density at radius 1 is 0.941 bits per heavy atom. The summed E-state index contributed by atoms with van der Waals surface area (Å²) in [4.78, 5) is 14.0. The number of nitrogens with one attached hydrogen (secondary N) is 1. The molecule has 2 atom stereocenters. The zero-order valence-electron chi connectivity index (χ0n) is 18.9. The second kappa shape index (κ2) is 9.55. The van der Waals surface area contributed by atoms with Gasteiger partial charge in [-0.2, -0.15) is 0 Å². The van der Waals surface area contributed by atoms with E-state index in [4.69, 9.17) is 0 Å². The number of piperidine rings is 1. The highest BCUT2D eigenvalue weighted by Gasteiger charge is 2.42. The minimum atomic E-state index is -1.20. The Hall–Kier alpha value is -3.25. The number of nitrogens with zero attached hydrogens (tertiary/aromatic N) is 1. The summed E-state index contributed by atoms with van der Waals surface area (Å²) < 4.78 is 28.1. The molecule has 1 amide bonds. The number of hydrogen-bond donors (Lipinski definition) is 2. The van der Waals surface area contributed by atoms with Gasteiger partial charge in [0, 0.05) is 31.3 Å². The number of halogens is 2. The van der Waals surface area contributed by atoms with Gasteiger partial charge in [0.15, 0.2) is 0 Å². The van der Waals surface area contributed by atoms with Gasteiger partial charge in [-0.05, 0) is 71.9 Å². The molecule has 34 heavy (non-hydrogen) atoms. The van der Waals surface area contributed by atoms with E-state index in [2.05, 4.69) is 34.5 Å². The highest BCUT2D eigenvalue weighted by Crippen LogP contribution is 2.45. The second-order valence-corrected chi connectivity index (χ2v) is 9.57. The molecule has 3 aromatic rings. The van der Waals surface area contributed by atoms with Crippen molar-refractivity contribution in [1.29, 1.82) is 0 Å². The molecular formula is C28H28F2N2O2. The molecule has 0 aromatic heterocycles. The van der Waals surface area contributed by atoms with Crippen LogP contribution in [0, 0.1) is 29.4 Å². The van der Waals surface area contributed by atoms with E-state index in [-0.39, 0.29) is 0 Å². The van der Waals surface area contributed by atoms with E-state index in [1.807, 2.05) is 18.2 Å². The molecule has 0 radical (unpaired) electrons. The molecule has 2 aliphatic rings. The third-order valence-electron chi connectivity index (χ3n) is 7.35. The van der Waals surface area contributed by atoms with Crippen molar-refractivity contribution in [3.8, 4) is 11.1 Å². The van der Waals surface area contributed by atoms with Crippen LogP contribution in [0.2, 0.25) is 0 Å². The first kappa shape index (κ1) is 22.5. The summed E-state index contributed by atoms with van der Waals surface area (Å²) in [5.41, 5.74) is 3.52. The average Bonchev–Trinajstić information content (AvgIpc) is 3.01. The summed E-state index contributed by atoms with van der Waals surface area (Å²) in [6.07, 6.45) is 1.91. The van der Waals surface area contributed by atoms with Gasteiger partial charge < -0.3 is 5.11 Å². The van der Waals surface area contributed by atoms with Crippen LogP contribution in [0.3, 0.4) is 0 Å². The SMILES string of the molecule is O=C(O)Nc1cccc(CC2C3CCC2CN(Cc2ccccc2)C3)c1-c1cc(F)cc(F)c1. The molecule has 1 aliphatic carbocycles. The van der Waals surface area contributed by atoms with Crippen molar-refractivity contribution in [2.75, 3.05) is 18.4 Å². The Bertz CT molecular complexity index is 1150. The van der Waals surface area contributed by atoms with Crippen LogP contribution in [0.15, 0.2) is 66.7 Å². The summed E-state index contributed by atoms with van der Waals surface area (Å²) in [5, 5.41) is 11.8. The van der Waals surface area contributed by atoms with E-state index in [9.17, 15) is 18.7 Å². The van der Waals surface area contributed by atoms with Gasteiger partial charge >= 0.3 is 6.09 Å². The fraction of sp³-hybridized carbons (Fsp3) is 0.321. The fourth-order valence-corrected chi connectivity index (χ4v) is 6.02. The Labute approximate surface area is 198 Å². The molecule has 6 heteroatoms. The Morgan fingerprint density at radius 3 is 2.26 bits per heavy atom. The van der Waals surface area contributed by atoms with Crippen molar-refractivity contribution in [3.05, 3.63) is 89.5 Å². The molecule has 2 bridgehead atoms. The van der Waals surface area contributed by atoms with Crippen molar-refractivity contribution in [3.63, 3.8) is 0 Å². The quantitative estimate of drug-likeness (QED) is 0.444. The van der Waals surface area contributed by atoms with Crippen molar-refractivity contribution < 1.29 is 18.7 Å². The van der Waals surface area contributed by atoms with Gasteiger partial charge in [-0.1, -0.05) is 42.5 Å². The molecule has 1 aliphatic heterocycles. The third kappa shape index (κ3) is 4.82. The van der Waals surface area contributed by atoms with Crippen LogP contribution in [-0.2, 0) is 13.0 Å². The van der Waals surface area contributed by atoms with Gasteiger partial charge in [-0.25, -0.2) is 13.6 Å². The fourth-order valence-electron chi connectivity index (χ4n) is 6.02. The van der Waals surface area contributed by atoms with Gasteiger partial charge in [-0.3, -0.25) is 10.2 Å². The Kier molecular flexibility index (Phi) is 6.33. The van der Waals surface area contributed by atoms with Crippen molar-refractivity contribution in [2.24, 2.45) is 17.8 Å². The highest BCUT2D eigenvalue weighted by atomic mass is 19.1. The number of carboxylic acid groups (broad SMARTS) is 1. The summed E-state index contributed by atoms with van der Waals surface area (Å²) >= 11 is 0. The maximum Gasteiger partial charge on any atom is 0.409 e. The van der Waals surface area contributed by atoms with E-state index in [0.29, 0.717) is 34.6 Å². The first-order valence-electron chi connectivity index (χ1n) is 11.8. The van der Waals surface area contributed by atoms with Crippen LogP contribution < -0.4 is 5.32 Å². The minimum Gasteiger partial charge on any atom is -0.465 e. The number of anilines is 1. The molecule has 5 rings (SSSR count). The molecule has 176 valence electrons. The molecule has 2 fully saturated rings. The number of likely N-dealkylation sites (tertiary alicyclic amines) is 1. The van der Waals surface area contributed by atoms with Crippen LogP contribution in [-0.4, -0.2) is 29.2 Å². The first-order valence-corrected chi connectivity index (χ1v) is 11.8. The topological polar surface area (TPSA) is 52.6 Å². The van der Waals surface area contributed by atoms with E-state index in [1.54, 1.807) is 6.07 Å². The summed E-state index contributed by atoms with van der Waals surface area (Å²) in [5.74, 6) is 0.205. The molecule has 1 saturated heterocycles. The smallest absolute Gasteiger partial charge is 0.409 e. The lowest BCUT2D eigenvalue weighted by molar-refractivity contribution is 0.103. The predicted molar refractivity (Wildman–Crippen MR) is 129 cm³/mol. The number of fused-ring (bicyclic) bond motifs is 2. The minimum absolute atomic E-state index is 0.351. The average molecular weight is 463 g/mol. The van der Waals surface area contributed by atoms with Crippen molar-refractivity contribution in [1.82, 2.24) is 4.90 Å². The Morgan fingerprint density at radius 2 is 1.62 bits per heavy atom. The van der Waals surface area contributed by atoms with E-state index in [0.717, 1.165) is 37.7 Å². The molecule has 3 aromatic carbocycles. The maximum atomic E-state index is 14.1. The Balaban J connectivity index is 1.42. The van der Waals surface area contributed by atoms with E-state index < -0.39 is 17.7 Å². The van der Waals surface area contributed by atoms with Crippen LogP contribution >= 0.6 is 0 Å². The number of carbonyl (C=O) groups is 1. The number of rotatable bonds is 6. The zero-order chi connectivity index (χ0) is 23.7. The maximum absolute atomic E-state index is 14.1.